The van der Waals surface area contributed by atoms with E-state index in [-0.39, 0.29) is 5.91 Å². The molecule has 4 nitrogen and oxygen atoms in total. The molecule has 0 bridgehead atoms. The number of halogens is 1. The lowest BCUT2D eigenvalue weighted by Crippen LogP contribution is -2.12. The lowest BCUT2D eigenvalue weighted by atomic mass is 10.1. The predicted octanol–water partition coefficient (Wildman–Crippen LogP) is 3.72. The van der Waals surface area contributed by atoms with E-state index in [0.29, 0.717) is 22.0 Å². The van der Waals surface area contributed by atoms with Gasteiger partial charge >= 0.3 is 0 Å². The molecule has 1 aromatic heterocycles. The van der Waals surface area contributed by atoms with Gasteiger partial charge < -0.3 is 11.1 Å². The van der Waals surface area contributed by atoms with Gasteiger partial charge in [-0.15, -0.1) is 0 Å². The third-order valence-corrected chi connectivity index (χ3v) is 3.49. The van der Waals surface area contributed by atoms with Crippen molar-refractivity contribution >= 4 is 39.8 Å². The van der Waals surface area contributed by atoms with Gasteiger partial charge in [0.15, 0.2) is 0 Å². The number of hydrogen-bond acceptors (Lipinski definition) is 3. The highest BCUT2D eigenvalue weighted by Gasteiger charge is 2.11. The largest absolute Gasteiger partial charge is 0.397 e. The van der Waals surface area contributed by atoms with Crippen molar-refractivity contribution < 1.29 is 4.79 Å². The van der Waals surface area contributed by atoms with E-state index in [1.54, 1.807) is 30.5 Å². The average molecular weight is 298 g/mol. The summed E-state index contributed by atoms with van der Waals surface area (Å²) in [5.41, 5.74) is 8.10. The van der Waals surface area contributed by atoms with E-state index in [0.717, 1.165) is 10.9 Å². The van der Waals surface area contributed by atoms with E-state index in [4.69, 9.17) is 17.3 Å². The number of fused-ring (bicyclic) bond motifs is 1. The van der Waals surface area contributed by atoms with Crippen LogP contribution in [0.25, 0.3) is 10.9 Å². The molecule has 0 saturated carbocycles. The summed E-state index contributed by atoms with van der Waals surface area (Å²) in [7, 11) is 0. The Hall–Kier alpha value is -2.59. The molecule has 1 heterocycles. The minimum atomic E-state index is -0.213. The number of aromatic nitrogens is 1. The molecule has 0 radical (unpaired) electrons. The van der Waals surface area contributed by atoms with Gasteiger partial charge in [0.05, 0.1) is 21.8 Å². The Kier molecular flexibility index (Phi) is 3.46. The normalized spacial score (nSPS) is 10.5. The molecule has 1 amide bonds. The highest BCUT2D eigenvalue weighted by molar-refractivity contribution is 6.33. The van der Waals surface area contributed by atoms with Crippen LogP contribution in [-0.2, 0) is 0 Å². The van der Waals surface area contributed by atoms with Crippen molar-refractivity contribution in [2.45, 2.75) is 0 Å². The van der Waals surface area contributed by atoms with Crippen molar-refractivity contribution in [3.63, 3.8) is 0 Å². The van der Waals surface area contributed by atoms with E-state index in [1.165, 1.54) is 0 Å². The molecule has 3 aromatic rings. The van der Waals surface area contributed by atoms with Crippen LogP contribution in [0.5, 0.6) is 0 Å². The molecule has 0 aliphatic heterocycles. The summed E-state index contributed by atoms with van der Waals surface area (Å²) in [4.78, 5) is 16.7. The number of nitrogens with one attached hydrogen (secondary N) is 1. The summed E-state index contributed by atoms with van der Waals surface area (Å²) in [6.07, 6.45) is 1.62. The zero-order chi connectivity index (χ0) is 14.8. The summed E-state index contributed by atoms with van der Waals surface area (Å²) in [5, 5.41) is 4.08. The van der Waals surface area contributed by atoms with E-state index in [2.05, 4.69) is 10.3 Å². The third kappa shape index (κ3) is 2.66. The minimum absolute atomic E-state index is 0.213. The molecular weight excluding hydrogens is 286 g/mol. The van der Waals surface area contributed by atoms with Crippen LogP contribution in [0.3, 0.4) is 0 Å². The molecule has 5 heteroatoms. The molecule has 0 saturated heterocycles. The summed E-state index contributed by atoms with van der Waals surface area (Å²) < 4.78 is 0. The molecule has 21 heavy (non-hydrogen) atoms. The monoisotopic (exact) mass is 297 g/mol. The Morgan fingerprint density at radius 2 is 1.95 bits per heavy atom. The number of carbonyl (C=O) groups excluding carboxylic acids is 1. The number of anilines is 2. The Morgan fingerprint density at radius 1 is 1.14 bits per heavy atom. The van der Waals surface area contributed by atoms with Crippen LogP contribution >= 0.6 is 11.6 Å². The second-order valence-corrected chi connectivity index (χ2v) is 4.97. The molecule has 0 aliphatic carbocycles. The van der Waals surface area contributed by atoms with Crippen molar-refractivity contribution in [1.29, 1.82) is 0 Å². The highest BCUT2D eigenvalue weighted by Crippen LogP contribution is 2.23. The van der Waals surface area contributed by atoms with E-state index in [1.807, 2.05) is 24.3 Å². The van der Waals surface area contributed by atoms with Crippen LogP contribution in [0.4, 0.5) is 11.4 Å². The van der Waals surface area contributed by atoms with Gasteiger partial charge in [0.1, 0.15) is 0 Å². The first-order chi connectivity index (χ1) is 10.1. The SMILES string of the molecule is Nc1cc(NC(=O)c2ccnc3ccccc23)ccc1Cl. The van der Waals surface area contributed by atoms with Crippen LogP contribution < -0.4 is 11.1 Å². The van der Waals surface area contributed by atoms with Crippen molar-refractivity contribution in [2.24, 2.45) is 0 Å². The molecule has 3 N–H and O–H groups in total. The van der Waals surface area contributed by atoms with Gasteiger partial charge in [-0.3, -0.25) is 9.78 Å². The van der Waals surface area contributed by atoms with Crippen molar-refractivity contribution in [3.05, 3.63) is 65.3 Å². The predicted molar refractivity (Wildman–Crippen MR) is 85.6 cm³/mol. The smallest absolute Gasteiger partial charge is 0.256 e. The van der Waals surface area contributed by atoms with Gasteiger partial charge in [0.2, 0.25) is 0 Å². The topological polar surface area (TPSA) is 68.0 Å². The first-order valence-electron chi connectivity index (χ1n) is 6.35. The second-order valence-electron chi connectivity index (χ2n) is 4.57. The number of pyridine rings is 1. The van der Waals surface area contributed by atoms with Gasteiger partial charge in [-0.05, 0) is 30.3 Å². The van der Waals surface area contributed by atoms with Gasteiger partial charge in [0, 0.05) is 17.3 Å². The van der Waals surface area contributed by atoms with Crippen molar-refractivity contribution in [3.8, 4) is 0 Å². The van der Waals surface area contributed by atoms with Crippen LogP contribution in [0.2, 0.25) is 5.02 Å². The van der Waals surface area contributed by atoms with Crippen molar-refractivity contribution in [1.82, 2.24) is 4.98 Å². The number of hydrogen-bond donors (Lipinski definition) is 2. The van der Waals surface area contributed by atoms with Crippen LogP contribution in [0.15, 0.2) is 54.7 Å². The molecule has 0 spiro atoms. The number of benzene rings is 2. The van der Waals surface area contributed by atoms with E-state index < -0.39 is 0 Å². The first kappa shape index (κ1) is 13.4. The number of nitrogens with two attached hydrogens (primary N) is 1. The lowest BCUT2D eigenvalue weighted by Gasteiger charge is -2.08. The van der Waals surface area contributed by atoms with Crippen molar-refractivity contribution in [2.75, 3.05) is 11.1 Å². The molecule has 0 fully saturated rings. The number of carbonyl (C=O) groups is 1. The summed E-state index contributed by atoms with van der Waals surface area (Å²) >= 11 is 5.87. The summed E-state index contributed by atoms with van der Waals surface area (Å²) in [6.45, 7) is 0. The fourth-order valence-electron chi connectivity index (χ4n) is 2.11. The Balaban J connectivity index is 1.95. The maximum atomic E-state index is 12.4. The summed E-state index contributed by atoms with van der Waals surface area (Å²) in [5.74, 6) is -0.213. The van der Waals surface area contributed by atoms with Gasteiger partial charge in [0.25, 0.3) is 5.91 Å². The van der Waals surface area contributed by atoms with Crippen LogP contribution in [-0.4, -0.2) is 10.9 Å². The molecule has 0 atom stereocenters. The number of para-hydroxylation sites is 1. The molecule has 2 aromatic carbocycles. The molecule has 3 rings (SSSR count). The summed E-state index contributed by atoms with van der Waals surface area (Å²) in [6, 6.07) is 14.2. The van der Waals surface area contributed by atoms with Gasteiger partial charge in [-0.1, -0.05) is 29.8 Å². The van der Waals surface area contributed by atoms with Gasteiger partial charge in [-0.2, -0.15) is 0 Å². The standard InChI is InChI=1S/C16H12ClN3O/c17-13-6-5-10(9-14(13)18)20-16(21)12-7-8-19-15-4-2-1-3-11(12)15/h1-9H,18H2,(H,20,21). The zero-order valence-corrected chi connectivity index (χ0v) is 11.8. The van der Waals surface area contributed by atoms with Crippen LogP contribution in [0, 0.1) is 0 Å². The lowest BCUT2D eigenvalue weighted by molar-refractivity contribution is 0.102. The number of amides is 1. The fraction of sp³-hybridized carbons (Fsp3) is 0. The number of rotatable bonds is 2. The number of nitrogen functional groups attached to an aromatic ring is 1. The molecule has 0 aliphatic rings. The molecule has 104 valence electrons. The molecule has 0 unspecified atom stereocenters. The average Bonchev–Trinajstić information content (AvgIpc) is 2.50. The van der Waals surface area contributed by atoms with E-state index >= 15 is 0 Å². The minimum Gasteiger partial charge on any atom is -0.397 e. The maximum absolute atomic E-state index is 12.4. The first-order valence-corrected chi connectivity index (χ1v) is 6.73. The fourth-order valence-corrected chi connectivity index (χ4v) is 2.23. The number of nitrogens with zero attached hydrogens (tertiary/aromatic N) is 1. The molecular formula is C16H12ClN3O. The second kappa shape index (κ2) is 5.42. The Morgan fingerprint density at radius 3 is 2.76 bits per heavy atom. The Bertz CT molecular complexity index is 827. The van der Waals surface area contributed by atoms with Crippen LogP contribution in [0.1, 0.15) is 10.4 Å². The highest BCUT2D eigenvalue weighted by atomic mass is 35.5. The third-order valence-electron chi connectivity index (χ3n) is 3.15. The van der Waals surface area contributed by atoms with E-state index in [9.17, 15) is 4.79 Å². The van der Waals surface area contributed by atoms with Gasteiger partial charge in [-0.25, -0.2) is 0 Å². The Labute approximate surface area is 126 Å². The maximum Gasteiger partial charge on any atom is 0.256 e. The zero-order valence-electron chi connectivity index (χ0n) is 11.0. The quantitative estimate of drug-likeness (QED) is 0.708.